The number of likely N-dealkylation sites (tertiary alicyclic amines) is 1. The van der Waals surface area contributed by atoms with E-state index < -0.39 is 0 Å². The molecule has 43 heavy (non-hydrogen) atoms. The molecule has 3 aromatic carbocycles. The van der Waals surface area contributed by atoms with Gasteiger partial charge in [-0.15, -0.1) is 0 Å². The molecule has 3 aliphatic rings. The average Bonchev–Trinajstić information content (AvgIpc) is 3.44. The third-order valence-corrected chi connectivity index (χ3v) is 10.0. The van der Waals surface area contributed by atoms with Gasteiger partial charge in [0.25, 0.3) is 5.91 Å². The minimum atomic E-state index is 0.00990. The molecule has 2 bridgehead atoms. The summed E-state index contributed by atoms with van der Waals surface area (Å²) >= 11 is 0. The first-order valence-electron chi connectivity index (χ1n) is 15.4. The van der Waals surface area contributed by atoms with Gasteiger partial charge in [0.2, 0.25) is 0 Å². The molecule has 2 saturated carbocycles. The van der Waals surface area contributed by atoms with Crippen molar-refractivity contribution in [2.24, 2.45) is 24.6 Å². The molecule has 0 spiro atoms. The van der Waals surface area contributed by atoms with Crippen molar-refractivity contribution in [2.45, 2.75) is 50.9 Å². The Morgan fingerprint density at radius 2 is 1.88 bits per heavy atom. The van der Waals surface area contributed by atoms with Crippen molar-refractivity contribution in [1.29, 1.82) is 0 Å². The number of methoxy groups -OCH3 is 1. The Morgan fingerprint density at radius 1 is 1.05 bits per heavy atom. The van der Waals surface area contributed by atoms with Crippen LogP contribution >= 0.6 is 0 Å². The summed E-state index contributed by atoms with van der Waals surface area (Å²) in [5, 5.41) is 10.8. The van der Waals surface area contributed by atoms with E-state index in [0.29, 0.717) is 23.1 Å². The van der Waals surface area contributed by atoms with Gasteiger partial charge in [-0.25, -0.2) is 4.98 Å². The standard InChI is InChI=1S/C35H37N5O3/c1-38-33-27(13-26(16-31(33)43-2)35(42)40-18-25-10-11-28(40)32(25)36)37-34(38)30-15-24-9-8-23(22-5-3-4-21(12-22)19-41)14-29(24)39(30)17-20-6-7-20/h3-5,8-9,12-16,20,25,28,32,41H,6-7,10-11,17-19,36H2,1-2H3. The zero-order valence-corrected chi connectivity index (χ0v) is 24.7. The number of nitrogens with two attached hydrogens (primary N) is 1. The number of carbonyl (C=O) groups excluding carboxylic acids is 1. The van der Waals surface area contributed by atoms with Gasteiger partial charge in [0.1, 0.15) is 11.3 Å². The lowest BCUT2D eigenvalue weighted by molar-refractivity contribution is 0.0700. The normalized spacial score (nSPS) is 21.4. The first kappa shape index (κ1) is 26.5. The third kappa shape index (κ3) is 4.26. The maximum atomic E-state index is 13.7. The monoisotopic (exact) mass is 575 g/mol. The molecule has 3 fully saturated rings. The molecular formula is C35H37N5O3. The molecular weight excluding hydrogens is 538 g/mol. The van der Waals surface area contributed by atoms with Gasteiger partial charge in [0.15, 0.2) is 5.82 Å². The van der Waals surface area contributed by atoms with Crippen LogP contribution in [-0.4, -0.2) is 55.8 Å². The lowest BCUT2D eigenvalue weighted by Gasteiger charge is -2.27. The van der Waals surface area contributed by atoms with Crippen molar-refractivity contribution in [3.63, 3.8) is 0 Å². The van der Waals surface area contributed by atoms with Crippen molar-refractivity contribution in [3.8, 4) is 28.4 Å². The van der Waals surface area contributed by atoms with Crippen LogP contribution in [0.15, 0.2) is 60.7 Å². The number of amides is 1. The molecule has 220 valence electrons. The third-order valence-electron chi connectivity index (χ3n) is 10.0. The first-order valence-corrected chi connectivity index (χ1v) is 15.4. The van der Waals surface area contributed by atoms with E-state index in [1.165, 1.54) is 18.4 Å². The van der Waals surface area contributed by atoms with Crippen LogP contribution in [0.2, 0.25) is 0 Å². The van der Waals surface area contributed by atoms with E-state index in [1.54, 1.807) is 7.11 Å². The molecule has 3 atom stereocenters. The second-order valence-electron chi connectivity index (χ2n) is 12.7. The number of rotatable bonds is 7. The van der Waals surface area contributed by atoms with Crippen LogP contribution in [0.4, 0.5) is 0 Å². The molecule has 8 heteroatoms. The number of ether oxygens (including phenoxy) is 1. The van der Waals surface area contributed by atoms with Crippen LogP contribution in [0.5, 0.6) is 5.75 Å². The number of aliphatic hydroxyl groups excluding tert-OH is 1. The molecule has 5 aromatic rings. The summed E-state index contributed by atoms with van der Waals surface area (Å²) in [4.78, 5) is 20.8. The highest BCUT2D eigenvalue weighted by atomic mass is 16.5. The van der Waals surface area contributed by atoms with Gasteiger partial charge in [-0.1, -0.05) is 30.3 Å². The van der Waals surface area contributed by atoms with Gasteiger partial charge in [-0.2, -0.15) is 0 Å². The summed E-state index contributed by atoms with van der Waals surface area (Å²) in [6, 6.07) is 20.9. The van der Waals surface area contributed by atoms with Gasteiger partial charge >= 0.3 is 0 Å². The van der Waals surface area contributed by atoms with Gasteiger partial charge < -0.3 is 29.6 Å². The Bertz CT molecular complexity index is 1900. The number of nitrogens with zero attached hydrogens (tertiary/aromatic N) is 4. The summed E-state index contributed by atoms with van der Waals surface area (Å²) < 4.78 is 10.4. The first-order chi connectivity index (χ1) is 20.9. The topological polar surface area (TPSA) is 98.5 Å². The predicted molar refractivity (Wildman–Crippen MR) is 168 cm³/mol. The number of aryl methyl sites for hydroxylation is 1. The average molecular weight is 576 g/mol. The van der Waals surface area contributed by atoms with Gasteiger partial charge in [0.05, 0.1) is 24.9 Å². The summed E-state index contributed by atoms with van der Waals surface area (Å²) in [6.07, 6.45) is 4.56. The fraction of sp³-hybridized carbons (Fsp3) is 0.371. The molecule has 3 N–H and O–H groups in total. The number of carbonyl (C=O) groups is 1. The van der Waals surface area contributed by atoms with Crippen molar-refractivity contribution in [2.75, 3.05) is 13.7 Å². The maximum Gasteiger partial charge on any atom is 0.254 e. The van der Waals surface area contributed by atoms with Crippen LogP contribution in [0, 0.1) is 11.8 Å². The summed E-state index contributed by atoms with van der Waals surface area (Å²) in [6.45, 7) is 1.68. The Kier molecular flexibility index (Phi) is 6.14. The number of hydrogen-bond acceptors (Lipinski definition) is 5. The van der Waals surface area contributed by atoms with E-state index in [1.807, 2.05) is 42.3 Å². The SMILES string of the molecule is COc1cc(C(=O)N2CC3CCC2C3N)cc2nc(-c3cc4ccc(-c5cccc(CO)c5)cc4n3CC3CC3)n(C)c12. The highest BCUT2D eigenvalue weighted by Gasteiger charge is 2.47. The lowest BCUT2D eigenvalue weighted by atomic mass is 10.0. The largest absolute Gasteiger partial charge is 0.494 e. The van der Waals surface area contributed by atoms with E-state index in [4.69, 9.17) is 15.5 Å². The van der Waals surface area contributed by atoms with Gasteiger partial charge in [-0.3, -0.25) is 4.79 Å². The number of piperidine rings is 1. The molecule has 8 rings (SSSR count). The molecule has 1 aliphatic heterocycles. The Hall–Kier alpha value is -4.14. The van der Waals surface area contributed by atoms with E-state index in [0.717, 1.165) is 70.6 Å². The number of imidazole rings is 1. The van der Waals surface area contributed by atoms with Crippen molar-refractivity contribution in [3.05, 3.63) is 71.8 Å². The van der Waals surface area contributed by atoms with Crippen molar-refractivity contribution >= 4 is 27.8 Å². The molecule has 3 unspecified atom stereocenters. The smallest absolute Gasteiger partial charge is 0.254 e. The Labute approximate surface area is 250 Å². The van der Waals surface area contributed by atoms with Crippen LogP contribution in [0.3, 0.4) is 0 Å². The number of fused-ring (bicyclic) bond motifs is 4. The fourth-order valence-corrected chi connectivity index (χ4v) is 7.49. The van der Waals surface area contributed by atoms with E-state index in [-0.39, 0.29) is 24.6 Å². The Balaban J connectivity index is 1.24. The van der Waals surface area contributed by atoms with Crippen LogP contribution in [-0.2, 0) is 20.2 Å². The van der Waals surface area contributed by atoms with Gasteiger partial charge in [-0.05, 0) is 84.5 Å². The lowest BCUT2D eigenvalue weighted by Crippen LogP contribution is -2.41. The second-order valence-corrected chi connectivity index (χ2v) is 12.7. The highest BCUT2D eigenvalue weighted by Crippen LogP contribution is 2.40. The second kappa shape index (κ2) is 9.96. The number of aromatic nitrogens is 3. The molecule has 3 heterocycles. The van der Waals surface area contributed by atoms with Crippen LogP contribution in [0.25, 0.3) is 44.6 Å². The summed E-state index contributed by atoms with van der Waals surface area (Å²) in [5.41, 5.74) is 14.0. The Morgan fingerprint density at radius 3 is 2.60 bits per heavy atom. The molecule has 2 aliphatic carbocycles. The summed E-state index contributed by atoms with van der Waals surface area (Å²) in [7, 11) is 3.68. The quantitative estimate of drug-likeness (QED) is 0.273. The molecule has 1 saturated heterocycles. The highest BCUT2D eigenvalue weighted by molar-refractivity contribution is 6.00. The predicted octanol–water partition coefficient (Wildman–Crippen LogP) is 5.33. The minimum absolute atomic E-state index is 0.00990. The number of benzene rings is 3. The van der Waals surface area contributed by atoms with E-state index in [2.05, 4.69) is 39.5 Å². The molecule has 2 aromatic heterocycles. The molecule has 8 nitrogen and oxygen atoms in total. The van der Waals surface area contributed by atoms with Crippen LogP contribution in [0.1, 0.15) is 41.6 Å². The van der Waals surface area contributed by atoms with Crippen molar-refractivity contribution in [1.82, 2.24) is 19.0 Å². The van der Waals surface area contributed by atoms with E-state index >= 15 is 0 Å². The molecule has 0 radical (unpaired) electrons. The number of hydrogen-bond donors (Lipinski definition) is 2. The zero-order valence-electron chi connectivity index (χ0n) is 24.7. The number of aliphatic hydroxyl groups is 1. The minimum Gasteiger partial charge on any atom is -0.494 e. The summed E-state index contributed by atoms with van der Waals surface area (Å²) in [5.74, 6) is 2.56. The zero-order chi connectivity index (χ0) is 29.4. The van der Waals surface area contributed by atoms with Crippen molar-refractivity contribution < 1.29 is 14.6 Å². The molecule has 1 amide bonds. The maximum absolute atomic E-state index is 13.7. The van der Waals surface area contributed by atoms with E-state index in [9.17, 15) is 9.90 Å². The van der Waals surface area contributed by atoms with Crippen LogP contribution < -0.4 is 10.5 Å². The fourth-order valence-electron chi connectivity index (χ4n) is 7.49. The van der Waals surface area contributed by atoms with Gasteiger partial charge in [0, 0.05) is 48.7 Å².